The largest absolute Gasteiger partial charge is 0.416 e. The molecule has 138 valence electrons. The number of alkyl halides is 3. The van der Waals surface area contributed by atoms with Crippen molar-refractivity contribution in [1.29, 1.82) is 0 Å². The summed E-state index contributed by atoms with van der Waals surface area (Å²) >= 11 is 5.89. The van der Waals surface area contributed by atoms with Crippen molar-refractivity contribution in [2.45, 2.75) is 32.9 Å². The molecule has 8 heteroatoms. The van der Waals surface area contributed by atoms with Gasteiger partial charge in [0.05, 0.1) is 16.3 Å². The molecule has 0 aromatic heterocycles. The molecule has 1 aromatic carbocycles. The van der Waals surface area contributed by atoms with Crippen LogP contribution >= 0.6 is 11.6 Å². The molecular formula is C17H20ClF3N2O2. The maximum absolute atomic E-state index is 12.8. The molecule has 0 atom stereocenters. The quantitative estimate of drug-likeness (QED) is 0.859. The zero-order valence-electron chi connectivity index (χ0n) is 14.0. The van der Waals surface area contributed by atoms with Gasteiger partial charge in [-0.05, 0) is 31.0 Å². The number of likely N-dealkylation sites (tertiary alicyclic amines) is 1. The molecular weight excluding hydrogens is 357 g/mol. The zero-order valence-corrected chi connectivity index (χ0v) is 14.7. The maximum Gasteiger partial charge on any atom is 0.416 e. The molecule has 1 N–H and O–H groups in total. The van der Waals surface area contributed by atoms with Crippen LogP contribution < -0.4 is 5.32 Å². The summed E-state index contributed by atoms with van der Waals surface area (Å²) in [5.74, 6) is -0.797. The monoisotopic (exact) mass is 376 g/mol. The molecule has 2 amide bonds. The first-order valence-electron chi connectivity index (χ1n) is 8.06. The summed E-state index contributed by atoms with van der Waals surface area (Å²) in [6, 6.07) is 2.82. The van der Waals surface area contributed by atoms with Crippen LogP contribution in [0.15, 0.2) is 18.2 Å². The van der Waals surface area contributed by atoms with E-state index < -0.39 is 11.7 Å². The van der Waals surface area contributed by atoms with Crippen molar-refractivity contribution >= 4 is 29.1 Å². The van der Waals surface area contributed by atoms with E-state index in [1.54, 1.807) is 4.90 Å². The Kier molecular flexibility index (Phi) is 5.98. The lowest BCUT2D eigenvalue weighted by atomic mass is 9.95. The van der Waals surface area contributed by atoms with E-state index in [1.807, 2.05) is 13.8 Å². The third kappa shape index (κ3) is 4.87. The highest BCUT2D eigenvalue weighted by Gasteiger charge is 2.32. The Hall–Kier alpha value is -1.76. The second-order valence-corrected chi connectivity index (χ2v) is 6.84. The maximum atomic E-state index is 12.8. The first kappa shape index (κ1) is 19.6. The van der Waals surface area contributed by atoms with Crippen molar-refractivity contribution in [3.8, 4) is 0 Å². The predicted molar refractivity (Wildman–Crippen MR) is 89.2 cm³/mol. The van der Waals surface area contributed by atoms with Gasteiger partial charge in [-0.25, -0.2) is 0 Å². The van der Waals surface area contributed by atoms with Gasteiger partial charge < -0.3 is 10.2 Å². The van der Waals surface area contributed by atoms with Crippen LogP contribution in [-0.4, -0.2) is 29.8 Å². The molecule has 1 saturated heterocycles. The number of hydrogen-bond acceptors (Lipinski definition) is 2. The molecule has 25 heavy (non-hydrogen) atoms. The third-order valence-corrected chi connectivity index (χ3v) is 4.55. The van der Waals surface area contributed by atoms with Crippen molar-refractivity contribution in [3.05, 3.63) is 28.8 Å². The highest BCUT2D eigenvalue weighted by Crippen LogP contribution is 2.34. The molecule has 0 radical (unpaired) electrons. The number of carbonyl (C=O) groups excluding carboxylic acids is 2. The summed E-state index contributed by atoms with van der Waals surface area (Å²) in [5, 5.41) is 2.53. The van der Waals surface area contributed by atoms with Gasteiger partial charge in [0.2, 0.25) is 11.8 Å². The summed E-state index contributed by atoms with van der Waals surface area (Å²) in [6.07, 6.45) is -3.56. The SMILES string of the molecule is CC(C)C(=O)N1CCC(C(=O)Nc2cc(C(F)(F)F)ccc2Cl)CC1. The fraction of sp³-hybridized carbons (Fsp3) is 0.529. The van der Waals surface area contributed by atoms with Crippen LogP contribution in [0.5, 0.6) is 0 Å². The van der Waals surface area contributed by atoms with Crippen LogP contribution in [0.2, 0.25) is 5.02 Å². The first-order valence-corrected chi connectivity index (χ1v) is 8.43. The van der Waals surface area contributed by atoms with Gasteiger partial charge in [0.15, 0.2) is 0 Å². The van der Waals surface area contributed by atoms with Crippen LogP contribution in [0.1, 0.15) is 32.3 Å². The van der Waals surface area contributed by atoms with Crippen molar-refractivity contribution in [2.24, 2.45) is 11.8 Å². The molecule has 0 saturated carbocycles. The second kappa shape index (κ2) is 7.64. The number of amides is 2. The molecule has 0 spiro atoms. The average Bonchev–Trinajstić information content (AvgIpc) is 2.55. The molecule has 0 bridgehead atoms. The van der Waals surface area contributed by atoms with Gasteiger partial charge in [-0.1, -0.05) is 25.4 Å². The smallest absolute Gasteiger partial charge is 0.342 e. The van der Waals surface area contributed by atoms with Gasteiger partial charge >= 0.3 is 6.18 Å². The van der Waals surface area contributed by atoms with E-state index in [0.717, 1.165) is 18.2 Å². The highest BCUT2D eigenvalue weighted by atomic mass is 35.5. The topological polar surface area (TPSA) is 49.4 Å². The normalized spacial score (nSPS) is 16.2. The Bertz CT molecular complexity index is 654. The number of nitrogens with zero attached hydrogens (tertiary/aromatic N) is 1. The minimum Gasteiger partial charge on any atom is -0.342 e. The Morgan fingerprint density at radius 2 is 1.84 bits per heavy atom. The Morgan fingerprint density at radius 3 is 2.36 bits per heavy atom. The van der Waals surface area contributed by atoms with Gasteiger partial charge in [-0.2, -0.15) is 13.2 Å². The van der Waals surface area contributed by atoms with E-state index in [-0.39, 0.29) is 34.4 Å². The highest BCUT2D eigenvalue weighted by molar-refractivity contribution is 6.33. The van der Waals surface area contributed by atoms with Crippen LogP contribution in [-0.2, 0) is 15.8 Å². The number of anilines is 1. The summed E-state index contributed by atoms with van der Waals surface area (Å²) in [4.78, 5) is 26.0. The molecule has 1 aliphatic heterocycles. The lowest BCUT2D eigenvalue weighted by Crippen LogP contribution is -2.43. The second-order valence-electron chi connectivity index (χ2n) is 6.44. The van der Waals surface area contributed by atoms with E-state index in [1.165, 1.54) is 0 Å². The number of benzene rings is 1. The molecule has 1 aliphatic rings. The fourth-order valence-corrected chi connectivity index (χ4v) is 2.92. The van der Waals surface area contributed by atoms with Crippen LogP contribution in [0.4, 0.5) is 18.9 Å². The van der Waals surface area contributed by atoms with Gasteiger partial charge in [0.25, 0.3) is 0 Å². The number of hydrogen-bond donors (Lipinski definition) is 1. The number of piperidine rings is 1. The number of rotatable bonds is 3. The predicted octanol–water partition coefficient (Wildman–Crippen LogP) is 4.19. The van der Waals surface area contributed by atoms with Gasteiger partial charge in [-0.15, -0.1) is 0 Å². The van der Waals surface area contributed by atoms with Crippen molar-refractivity contribution < 1.29 is 22.8 Å². The van der Waals surface area contributed by atoms with Crippen molar-refractivity contribution in [1.82, 2.24) is 4.90 Å². The van der Waals surface area contributed by atoms with Crippen molar-refractivity contribution in [3.63, 3.8) is 0 Å². The Morgan fingerprint density at radius 1 is 1.24 bits per heavy atom. The minimum atomic E-state index is -4.51. The molecule has 1 heterocycles. The van der Waals surface area contributed by atoms with E-state index in [2.05, 4.69) is 5.32 Å². The molecule has 2 rings (SSSR count). The van der Waals surface area contributed by atoms with Crippen LogP contribution in [0.25, 0.3) is 0 Å². The Balaban J connectivity index is 2.01. The van der Waals surface area contributed by atoms with Crippen molar-refractivity contribution in [2.75, 3.05) is 18.4 Å². The van der Waals surface area contributed by atoms with Gasteiger partial charge in [-0.3, -0.25) is 9.59 Å². The third-order valence-electron chi connectivity index (χ3n) is 4.22. The summed E-state index contributed by atoms with van der Waals surface area (Å²) in [7, 11) is 0. The molecule has 0 aliphatic carbocycles. The average molecular weight is 377 g/mol. The molecule has 4 nitrogen and oxygen atoms in total. The first-order chi connectivity index (χ1) is 11.6. The minimum absolute atomic E-state index is 0.0415. The molecule has 1 aromatic rings. The number of carbonyl (C=O) groups is 2. The van der Waals surface area contributed by atoms with E-state index in [4.69, 9.17) is 11.6 Å². The van der Waals surface area contributed by atoms with E-state index in [0.29, 0.717) is 25.9 Å². The summed E-state index contributed by atoms with van der Waals surface area (Å²) < 4.78 is 38.3. The number of nitrogens with one attached hydrogen (secondary N) is 1. The Labute approximate surface area is 149 Å². The fourth-order valence-electron chi connectivity index (χ4n) is 2.76. The standard InChI is InChI=1S/C17H20ClF3N2O2/c1-10(2)16(25)23-7-5-11(6-8-23)15(24)22-14-9-12(17(19,20)21)3-4-13(14)18/h3-4,9-11H,5-8H2,1-2H3,(H,22,24). The van der Waals surface area contributed by atoms with E-state index in [9.17, 15) is 22.8 Å². The van der Waals surface area contributed by atoms with Gasteiger partial charge in [0, 0.05) is 24.9 Å². The lowest BCUT2D eigenvalue weighted by Gasteiger charge is -2.32. The van der Waals surface area contributed by atoms with E-state index >= 15 is 0 Å². The van der Waals surface area contributed by atoms with Crippen LogP contribution in [0.3, 0.4) is 0 Å². The van der Waals surface area contributed by atoms with Gasteiger partial charge in [0.1, 0.15) is 0 Å². The number of halogens is 4. The molecule has 1 fully saturated rings. The summed E-state index contributed by atoms with van der Waals surface area (Å²) in [6.45, 7) is 4.56. The molecule has 0 unspecified atom stereocenters. The zero-order chi connectivity index (χ0) is 18.8. The lowest BCUT2D eigenvalue weighted by molar-refractivity contribution is -0.137. The summed E-state index contributed by atoms with van der Waals surface area (Å²) in [5.41, 5.74) is -0.924. The van der Waals surface area contributed by atoms with Crippen LogP contribution in [0, 0.1) is 11.8 Å².